The Labute approximate surface area is 157 Å². The van der Waals surface area contributed by atoms with E-state index in [4.69, 9.17) is 0 Å². The Morgan fingerprint density at radius 1 is 1.15 bits per heavy atom. The van der Waals surface area contributed by atoms with E-state index in [1.807, 2.05) is 0 Å². The SMILES string of the molecule is CC(C=O)[C@@H]1CC2=CC(=O)C(C=O)C[C@]2(C)[C@H]2CC[C@]3(C)CCC[C@H]3[C@H]12. The van der Waals surface area contributed by atoms with Gasteiger partial charge in [-0.25, -0.2) is 0 Å². The van der Waals surface area contributed by atoms with Gasteiger partial charge in [0.2, 0.25) is 0 Å². The summed E-state index contributed by atoms with van der Waals surface area (Å²) in [4.78, 5) is 35.6. The second kappa shape index (κ2) is 6.14. The first kappa shape index (κ1) is 18.1. The van der Waals surface area contributed by atoms with Gasteiger partial charge in [0.15, 0.2) is 5.78 Å². The molecule has 4 aliphatic rings. The van der Waals surface area contributed by atoms with Crippen molar-refractivity contribution in [3.8, 4) is 0 Å². The van der Waals surface area contributed by atoms with E-state index < -0.39 is 5.92 Å². The van der Waals surface area contributed by atoms with Crippen LogP contribution in [0.1, 0.15) is 65.7 Å². The van der Waals surface area contributed by atoms with Gasteiger partial charge in [0.25, 0.3) is 0 Å². The Balaban J connectivity index is 1.80. The lowest BCUT2D eigenvalue weighted by Gasteiger charge is -2.61. The van der Waals surface area contributed by atoms with Gasteiger partial charge in [0, 0.05) is 5.92 Å². The summed E-state index contributed by atoms with van der Waals surface area (Å²) < 4.78 is 0. The van der Waals surface area contributed by atoms with E-state index in [1.54, 1.807) is 6.08 Å². The molecule has 142 valence electrons. The van der Waals surface area contributed by atoms with Crippen molar-refractivity contribution in [1.29, 1.82) is 0 Å². The number of aldehydes is 2. The summed E-state index contributed by atoms with van der Waals surface area (Å²) in [5, 5.41) is 0. The van der Waals surface area contributed by atoms with Crippen LogP contribution in [0.15, 0.2) is 11.6 Å². The third kappa shape index (κ3) is 2.42. The molecule has 0 spiro atoms. The van der Waals surface area contributed by atoms with Crippen LogP contribution in [-0.2, 0) is 14.4 Å². The minimum atomic E-state index is -0.471. The van der Waals surface area contributed by atoms with Gasteiger partial charge in [-0.2, -0.15) is 0 Å². The molecule has 0 aliphatic heterocycles. The summed E-state index contributed by atoms with van der Waals surface area (Å²) >= 11 is 0. The summed E-state index contributed by atoms with van der Waals surface area (Å²) in [7, 11) is 0. The first-order valence-electron chi connectivity index (χ1n) is 10.5. The first-order valence-corrected chi connectivity index (χ1v) is 10.5. The molecular formula is C23H32O3. The fourth-order valence-electron chi connectivity index (χ4n) is 7.48. The topological polar surface area (TPSA) is 51.2 Å². The zero-order chi connectivity index (χ0) is 18.7. The molecule has 2 unspecified atom stereocenters. The number of carbonyl (C=O) groups excluding carboxylic acids is 3. The minimum absolute atomic E-state index is 0.0232. The molecule has 0 aromatic heterocycles. The molecule has 8 atom stereocenters. The number of fused-ring (bicyclic) bond motifs is 5. The van der Waals surface area contributed by atoms with Crippen molar-refractivity contribution in [3.05, 3.63) is 11.6 Å². The minimum Gasteiger partial charge on any atom is -0.303 e. The largest absolute Gasteiger partial charge is 0.303 e. The molecule has 0 N–H and O–H groups in total. The van der Waals surface area contributed by atoms with Gasteiger partial charge in [-0.3, -0.25) is 4.79 Å². The van der Waals surface area contributed by atoms with Crippen LogP contribution in [0.25, 0.3) is 0 Å². The monoisotopic (exact) mass is 356 g/mol. The molecule has 0 aromatic rings. The number of allylic oxidation sites excluding steroid dienone is 1. The number of rotatable bonds is 3. The average Bonchev–Trinajstić information content (AvgIpc) is 3.02. The molecule has 4 rings (SSSR count). The van der Waals surface area contributed by atoms with Crippen LogP contribution in [0.4, 0.5) is 0 Å². The van der Waals surface area contributed by atoms with Crippen molar-refractivity contribution >= 4 is 18.4 Å². The summed E-state index contributed by atoms with van der Waals surface area (Å²) in [6.07, 6.45) is 11.6. The zero-order valence-electron chi connectivity index (χ0n) is 16.4. The summed E-state index contributed by atoms with van der Waals surface area (Å²) in [5.74, 6) is 1.64. The van der Waals surface area contributed by atoms with Gasteiger partial charge < -0.3 is 9.59 Å². The molecular weight excluding hydrogens is 324 g/mol. The Kier molecular flexibility index (Phi) is 4.28. The fraction of sp³-hybridized carbons (Fsp3) is 0.783. The molecule has 3 saturated carbocycles. The molecule has 3 fully saturated rings. The molecule has 0 bridgehead atoms. The summed E-state index contributed by atoms with van der Waals surface area (Å²) in [5.41, 5.74) is 1.60. The number of ketones is 1. The lowest BCUT2D eigenvalue weighted by molar-refractivity contribution is -0.131. The zero-order valence-corrected chi connectivity index (χ0v) is 16.4. The number of hydrogen-bond acceptors (Lipinski definition) is 3. The second-order valence-electron chi connectivity index (χ2n) is 10.2. The Hall–Kier alpha value is -1.25. The standard InChI is InChI=1S/C23H32O3/c1-14(12-24)17-9-16-10-20(26)15(13-25)11-23(16,3)19-6-8-22(2)7-4-5-18(22)21(17)19/h10,12-15,17-19,21H,4-9,11H2,1-3H3/t14?,15?,17-,18-,19-,21-,22-,23-/m0/s1. The van der Waals surface area contributed by atoms with Crippen LogP contribution in [0, 0.1) is 46.3 Å². The maximum absolute atomic E-state index is 12.4. The molecule has 0 radical (unpaired) electrons. The van der Waals surface area contributed by atoms with Gasteiger partial charge in [0.1, 0.15) is 12.6 Å². The van der Waals surface area contributed by atoms with Crippen molar-refractivity contribution in [1.82, 2.24) is 0 Å². The molecule has 0 aromatic carbocycles. The van der Waals surface area contributed by atoms with Crippen LogP contribution >= 0.6 is 0 Å². The highest BCUT2D eigenvalue weighted by molar-refractivity contribution is 6.02. The molecule has 0 saturated heterocycles. The highest BCUT2D eigenvalue weighted by Gasteiger charge is 2.60. The van der Waals surface area contributed by atoms with Gasteiger partial charge in [-0.15, -0.1) is 0 Å². The van der Waals surface area contributed by atoms with E-state index in [9.17, 15) is 14.4 Å². The number of carbonyl (C=O) groups is 3. The lowest BCUT2D eigenvalue weighted by Crippen LogP contribution is -2.55. The summed E-state index contributed by atoms with van der Waals surface area (Å²) in [6.45, 7) is 6.84. The van der Waals surface area contributed by atoms with Crippen molar-refractivity contribution in [2.75, 3.05) is 0 Å². The Morgan fingerprint density at radius 2 is 1.92 bits per heavy atom. The predicted molar refractivity (Wildman–Crippen MR) is 100 cm³/mol. The number of hydrogen-bond donors (Lipinski definition) is 0. The first-order chi connectivity index (χ1) is 12.3. The van der Waals surface area contributed by atoms with Crippen LogP contribution in [0.2, 0.25) is 0 Å². The molecule has 3 heteroatoms. The van der Waals surface area contributed by atoms with Crippen LogP contribution < -0.4 is 0 Å². The van der Waals surface area contributed by atoms with Gasteiger partial charge in [0.05, 0.1) is 5.92 Å². The van der Waals surface area contributed by atoms with E-state index in [0.29, 0.717) is 35.5 Å². The van der Waals surface area contributed by atoms with Crippen LogP contribution in [0.3, 0.4) is 0 Å². The van der Waals surface area contributed by atoms with Crippen molar-refractivity contribution < 1.29 is 14.4 Å². The van der Waals surface area contributed by atoms with E-state index in [2.05, 4.69) is 20.8 Å². The second-order valence-corrected chi connectivity index (χ2v) is 10.2. The van der Waals surface area contributed by atoms with Crippen molar-refractivity contribution in [3.63, 3.8) is 0 Å². The van der Waals surface area contributed by atoms with Crippen molar-refractivity contribution in [2.24, 2.45) is 46.3 Å². The van der Waals surface area contributed by atoms with Gasteiger partial charge in [-0.1, -0.05) is 32.8 Å². The molecule has 4 aliphatic carbocycles. The molecule has 0 heterocycles. The summed E-state index contributed by atoms with van der Waals surface area (Å²) in [6, 6.07) is 0. The van der Waals surface area contributed by atoms with Crippen molar-refractivity contribution in [2.45, 2.75) is 65.7 Å². The van der Waals surface area contributed by atoms with Gasteiger partial charge in [-0.05, 0) is 79.1 Å². The maximum atomic E-state index is 12.4. The third-order valence-corrected chi connectivity index (χ3v) is 9.00. The van der Waals surface area contributed by atoms with Crippen LogP contribution in [0.5, 0.6) is 0 Å². The predicted octanol–water partition coefficient (Wildman–Crippen LogP) is 4.39. The maximum Gasteiger partial charge on any atom is 0.165 e. The average molecular weight is 357 g/mol. The molecule has 26 heavy (non-hydrogen) atoms. The smallest absolute Gasteiger partial charge is 0.165 e. The van der Waals surface area contributed by atoms with E-state index in [0.717, 1.165) is 19.0 Å². The third-order valence-electron chi connectivity index (χ3n) is 9.00. The van der Waals surface area contributed by atoms with E-state index >= 15 is 0 Å². The Bertz CT molecular complexity index is 664. The highest BCUT2D eigenvalue weighted by atomic mass is 16.1. The molecule has 0 amide bonds. The fourth-order valence-corrected chi connectivity index (χ4v) is 7.48. The highest BCUT2D eigenvalue weighted by Crippen LogP contribution is 2.67. The molecule has 3 nitrogen and oxygen atoms in total. The van der Waals surface area contributed by atoms with Crippen LogP contribution in [-0.4, -0.2) is 18.4 Å². The van der Waals surface area contributed by atoms with Gasteiger partial charge >= 0.3 is 0 Å². The lowest BCUT2D eigenvalue weighted by atomic mass is 9.43. The Morgan fingerprint density at radius 3 is 2.62 bits per heavy atom. The quantitative estimate of drug-likeness (QED) is 0.556. The van der Waals surface area contributed by atoms with E-state index in [-0.39, 0.29) is 17.1 Å². The van der Waals surface area contributed by atoms with E-state index in [1.165, 1.54) is 37.7 Å². The normalized spacial score (nSPS) is 48.7.